The fraction of sp³-hybridized carbons (Fsp3) is 0.368. The van der Waals surface area contributed by atoms with Gasteiger partial charge < -0.3 is 15.1 Å². The van der Waals surface area contributed by atoms with Crippen LogP contribution in [0.4, 0.5) is 0 Å². The monoisotopic (exact) mass is 433 g/mol. The van der Waals surface area contributed by atoms with Crippen LogP contribution in [0.3, 0.4) is 0 Å². The lowest BCUT2D eigenvalue weighted by molar-refractivity contribution is -0.118. The molecule has 0 bridgehead atoms. The van der Waals surface area contributed by atoms with E-state index in [4.69, 9.17) is 46.4 Å². The Bertz CT molecular complexity index is 816. The van der Waals surface area contributed by atoms with E-state index in [0.29, 0.717) is 50.7 Å². The molecule has 0 aliphatic carbocycles. The van der Waals surface area contributed by atoms with Gasteiger partial charge >= 0.3 is 0 Å². The molecule has 0 aromatic heterocycles. The fourth-order valence-corrected chi connectivity index (χ4v) is 4.71. The van der Waals surface area contributed by atoms with Crippen LogP contribution in [0.5, 0.6) is 0 Å². The smallest absolute Gasteiger partial charge is 0.0991 e. The lowest BCUT2D eigenvalue weighted by Crippen LogP contribution is -2.51. The van der Waals surface area contributed by atoms with Gasteiger partial charge in [-0.15, -0.1) is 0 Å². The molecule has 0 amide bonds. The van der Waals surface area contributed by atoms with Gasteiger partial charge in [-0.1, -0.05) is 58.5 Å². The molecule has 3 nitrogen and oxygen atoms in total. The van der Waals surface area contributed by atoms with Crippen LogP contribution in [0.1, 0.15) is 23.7 Å². The predicted molar refractivity (Wildman–Crippen MR) is 107 cm³/mol. The number of aliphatic hydroxyl groups excluding tert-OH is 1. The molecule has 1 heterocycles. The van der Waals surface area contributed by atoms with Gasteiger partial charge in [0.1, 0.15) is 0 Å². The molecule has 2 N–H and O–H groups in total. The van der Waals surface area contributed by atoms with Crippen molar-refractivity contribution in [3.05, 3.63) is 67.6 Å². The van der Waals surface area contributed by atoms with Gasteiger partial charge in [0, 0.05) is 44.7 Å². The zero-order chi connectivity index (χ0) is 19.1. The van der Waals surface area contributed by atoms with Crippen molar-refractivity contribution < 1.29 is 10.2 Å². The third-order valence-corrected chi connectivity index (χ3v) is 6.17. The van der Waals surface area contributed by atoms with Crippen LogP contribution in [0.15, 0.2) is 36.4 Å². The molecule has 1 saturated heterocycles. The Hall–Kier alpha value is -0.520. The summed E-state index contributed by atoms with van der Waals surface area (Å²) < 4.78 is 0. The normalized spacial score (nSPS) is 25.3. The minimum absolute atomic E-state index is 0.364. The summed E-state index contributed by atoms with van der Waals surface area (Å²) in [6.45, 7) is 1.16. The standard InChI is InChI=1S/C19H19Cl4NO2/c1-24-7-6-19(26,14-5-3-12(21)9-17(14)23)15(10-24)18(25)13-4-2-11(20)8-16(13)22/h2-5,8-9,15,18,25-26H,6-7,10H2,1H3/t15-,18+,19+/m0/s1. The largest absolute Gasteiger partial charge is 0.388 e. The molecule has 0 spiro atoms. The summed E-state index contributed by atoms with van der Waals surface area (Å²) in [5.74, 6) is -0.529. The molecule has 0 radical (unpaired) electrons. The first kappa shape index (κ1) is 20.2. The highest BCUT2D eigenvalue weighted by Crippen LogP contribution is 2.47. The number of likely N-dealkylation sites (tertiary alicyclic amines) is 1. The Labute approximate surface area is 173 Å². The summed E-state index contributed by atoms with van der Waals surface area (Å²) in [5.41, 5.74) is -0.220. The Morgan fingerprint density at radius 3 is 2.27 bits per heavy atom. The van der Waals surface area contributed by atoms with Gasteiger partial charge in [0.15, 0.2) is 0 Å². The Kier molecular flexibility index (Phi) is 6.10. The fourth-order valence-electron chi connectivity index (χ4n) is 3.62. The molecule has 2 aromatic rings. The number of nitrogens with zero attached hydrogens (tertiary/aromatic N) is 1. The molecular weight excluding hydrogens is 416 g/mol. The molecule has 1 aliphatic heterocycles. The second-order valence-electron chi connectivity index (χ2n) is 6.78. The van der Waals surface area contributed by atoms with E-state index < -0.39 is 17.6 Å². The lowest BCUT2D eigenvalue weighted by atomic mass is 9.72. The number of piperidine rings is 1. The first-order valence-corrected chi connectivity index (χ1v) is 9.73. The van der Waals surface area contributed by atoms with Crippen LogP contribution in [0, 0.1) is 5.92 Å². The van der Waals surface area contributed by atoms with Crippen LogP contribution in [0.2, 0.25) is 20.1 Å². The van der Waals surface area contributed by atoms with E-state index in [1.165, 1.54) is 0 Å². The molecule has 3 rings (SSSR count). The molecule has 2 aromatic carbocycles. The highest BCUT2D eigenvalue weighted by atomic mass is 35.5. The van der Waals surface area contributed by atoms with Crippen LogP contribution in [-0.2, 0) is 5.60 Å². The summed E-state index contributed by atoms with van der Waals surface area (Å²) in [4.78, 5) is 2.07. The number of halogens is 4. The summed E-state index contributed by atoms with van der Waals surface area (Å²) in [7, 11) is 1.95. The number of hydrogen-bond donors (Lipinski definition) is 2. The maximum Gasteiger partial charge on any atom is 0.0991 e. The SMILES string of the molecule is CN1CC[C@@](O)(c2ccc(Cl)cc2Cl)[C@H]([C@H](O)c2ccc(Cl)cc2Cl)C1. The van der Waals surface area contributed by atoms with Gasteiger partial charge in [-0.2, -0.15) is 0 Å². The van der Waals surface area contributed by atoms with Gasteiger partial charge in [-0.3, -0.25) is 0 Å². The maximum absolute atomic E-state index is 11.6. The molecule has 0 unspecified atom stereocenters. The summed E-state index contributed by atoms with van der Waals surface area (Å²) >= 11 is 24.6. The number of benzene rings is 2. The lowest BCUT2D eigenvalue weighted by Gasteiger charge is -2.46. The van der Waals surface area contributed by atoms with Crippen molar-refractivity contribution in [1.82, 2.24) is 4.90 Å². The molecule has 0 saturated carbocycles. The average Bonchev–Trinajstić information content (AvgIpc) is 2.56. The van der Waals surface area contributed by atoms with Gasteiger partial charge in [-0.05, 0) is 43.3 Å². The summed E-state index contributed by atoms with van der Waals surface area (Å²) in [6.07, 6.45) is -0.558. The maximum atomic E-state index is 11.6. The predicted octanol–water partition coefficient (Wildman–Crippen LogP) is 5.17. The minimum Gasteiger partial charge on any atom is -0.388 e. The van der Waals surface area contributed by atoms with Crippen LogP contribution < -0.4 is 0 Å². The zero-order valence-corrected chi connectivity index (χ0v) is 17.1. The van der Waals surface area contributed by atoms with E-state index in [0.717, 1.165) is 0 Å². The van der Waals surface area contributed by atoms with E-state index in [1.807, 2.05) is 7.05 Å². The number of aliphatic hydroxyl groups is 2. The number of rotatable bonds is 3. The highest BCUT2D eigenvalue weighted by Gasteiger charge is 2.47. The minimum atomic E-state index is -1.31. The van der Waals surface area contributed by atoms with Crippen molar-refractivity contribution in [2.75, 3.05) is 20.1 Å². The number of hydrogen-bond acceptors (Lipinski definition) is 3. The van der Waals surface area contributed by atoms with Crippen molar-refractivity contribution in [2.24, 2.45) is 5.92 Å². The van der Waals surface area contributed by atoms with Gasteiger partial charge in [0.05, 0.1) is 11.7 Å². The summed E-state index contributed by atoms with van der Waals surface area (Å²) in [5, 5.41) is 24.4. The van der Waals surface area contributed by atoms with E-state index in [-0.39, 0.29) is 0 Å². The topological polar surface area (TPSA) is 43.7 Å². The van der Waals surface area contributed by atoms with Crippen molar-refractivity contribution >= 4 is 46.4 Å². The molecular formula is C19H19Cl4NO2. The second-order valence-corrected chi connectivity index (χ2v) is 8.47. The van der Waals surface area contributed by atoms with Crippen LogP contribution in [0.25, 0.3) is 0 Å². The Morgan fingerprint density at radius 1 is 1.04 bits per heavy atom. The first-order valence-electron chi connectivity index (χ1n) is 8.22. The van der Waals surface area contributed by atoms with Crippen LogP contribution >= 0.6 is 46.4 Å². The Balaban J connectivity index is 2.05. The first-order chi connectivity index (χ1) is 12.2. The third-order valence-electron chi connectivity index (χ3n) is 5.06. The third kappa shape index (κ3) is 3.85. The van der Waals surface area contributed by atoms with Crippen molar-refractivity contribution in [1.29, 1.82) is 0 Å². The van der Waals surface area contributed by atoms with E-state index in [9.17, 15) is 10.2 Å². The van der Waals surface area contributed by atoms with Gasteiger partial charge in [0.25, 0.3) is 0 Å². The van der Waals surface area contributed by atoms with Crippen molar-refractivity contribution in [3.63, 3.8) is 0 Å². The Morgan fingerprint density at radius 2 is 1.65 bits per heavy atom. The second kappa shape index (κ2) is 7.84. The van der Waals surface area contributed by atoms with E-state index in [2.05, 4.69) is 4.90 Å². The quantitative estimate of drug-likeness (QED) is 0.699. The van der Waals surface area contributed by atoms with Gasteiger partial charge in [-0.25, -0.2) is 0 Å². The molecule has 140 valence electrons. The molecule has 1 fully saturated rings. The average molecular weight is 435 g/mol. The molecule has 3 atom stereocenters. The zero-order valence-electron chi connectivity index (χ0n) is 14.1. The van der Waals surface area contributed by atoms with Crippen LogP contribution in [-0.4, -0.2) is 35.3 Å². The van der Waals surface area contributed by atoms with E-state index >= 15 is 0 Å². The van der Waals surface area contributed by atoms with E-state index in [1.54, 1.807) is 36.4 Å². The summed E-state index contributed by atoms with van der Waals surface area (Å²) in [6, 6.07) is 9.97. The van der Waals surface area contributed by atoms with Crippen molar-refractivity contribution in [2.45, 2.75) is 18.1 Å². The molecule has 26 heavy (non-hydrogen) atoms. The molecule has 7 heteroatoms. The van der Waals surface area contributed by atoms with Gasteiger partial charge in [0.2, 0.25) is 0 Å². The highest BCUT2D eigenvalue weighted by molar-refractivity contribution is 6.35. The van der Waals surface area contributed by atoms with Crippen molar-refractivity contribution in [3.8, 4) is 0 Å². The molecule has 1 aliphatic rings.